The van der Waals surface area contributed by atoms with Gasteiger partial charge in [-0.05, 0) is 149 Å². The highest BCUT2D eigenvalue weighted by Crippen LogP contribution is 2.46. The van der Waals surface area contributed by atoms with Gasteiger partial charge in [-0.25, -0.2) is 4.70 Å². The van der Waals surface area contributed by atoms with Crippen molar-refractivity contribution in [2.45, 2.75) is 184 Å². The van der Waals surface area contributed by atoms with Gasteiger partial charge in [-0.2, -0.15) is 0 Å². The van der Waals surface area contributed by atoms with Crippen molar-refractivity contribution >= 4 is 11.4 Å². The Morgan fingerprint density at radius 1 is 0.413 bits per heavy atom. The van der Waals surface area contributed by atoms with E-state index in [9.17, 15) is 5.53 Å². The summed E-state index contributed by atoms with van der Waals surface area (Å²) in [7, 11) is 0. The molecule has 2 aromatic rings. The van der Waals surface area contributed by atoms with Gasteiger partial charge in [0, 0.05) is 22.3 Å². The van der Waals surface area contributed by atoms with E-state index >= 15 is 0 Å². The summed E-state index contributed by atoms with van der Waals surface area (Å²) in [5.74, 6) is 0. The molecular weight excluding hydrogens is 556 g/mol. The summed E-state index contributed by atoms with van der Waals surface area (Å²) in [6, 6.07) is 9.77. The van der Waals surface area contributed by atoms with Gasteiger partial charge in [0.05, 0.1) is 0 Å². The molecule has 0 saturated carbocycles. The summed E-state index contributed by atoms with van der Waals surface area (Å²) in [5, 5.41) is 0. The van der Waals surface area contributed by atoms with E-state index in [0.717, 1.165) is 62.8 Å². The quantitative estimate of drug-likeness (QED) is 0.0920. The van der Waals surface area contributed by atoms with Crippen LogP contribution in [-0.4, -0.2) is 4.70 Å². The molecule has 0 unspecified atom stereocenters. The minimum Gasteiger partial charge on any atom is -0.493 e. The van der Waals surface area contributed by atoms with Gasteiger partial charge in [-0.1, -0.05) is 92.9 Å². The Labute approximate surface area is 284 Å². The van der Waals surface area contributed by atoms with Crippen molar-refractivity contribution in [3.63, 3.8) is 0 Å². The van der Waals surface area contributed by atoms with Crippen molar-refractivity contribution in [2.75, 3.05) is 0 Å². The molecule has 0 atom stereocenters. The predicted octanol–water partition coefficient (Wildman–Crippen LogP) is 14.0. The Balaban J connectivity index is 2.29. The zero-order chi connectivity index (χ0) is 33.5. The third kappa shape index (κ3) is 9.77. The van der Waals surface area contributed by atoms with E-state index in [2.05, 4.69) is 79.7 Å². The molecule has 0 spiro atoms. The number of allylic oxidation sites excluding steroid dienone is 2. The fourth-order valence-electron chi connectivity index (χ4n) is 7.33. The topological polar surface area (TPSA) is 25.3 Å². The second-order valence-electron chi connectivity index (χ2n) is 14.1. The molecular formula is C44H68N2. The van der Waals surface area contributed by atoms with Gasteiger partial charge in [0.1, 0.15) is 0 Å². The van der Waals surface area contributed by atoms with Crippen LogP contribution in [0.25, 0.3) is 16.9 Å². The van der Waals surface area contributed by atoms with Gasteiger partial charge in [-0.3, -0.25) is 0 Å². The van der Waals surface area contributed by atoms with Crippen molar-refractivity contribution < 1.29 is 4.70 Å². The van der Waals surface area contributed by atoms with E-state index in [0.29, 0.717) is 0 Å². The molecule has 0 fully saturated rings. The molecule has 254 valence electrons. The lowest BCUT2D eigenvalue weighted by atomic mass is 9.88. The summed E-state index contributed by atoms with van der Waals surface area (Å²) < 4.78 is 1.66. The third-order valence-corrected chi connectivity index (χ3v) is 10.4. The average Bonchev–Trinajstić information content (AvgIpc) is 3.33. The zero-order valence-electron chi connectivity index (χ0n) is 31.3. The van der Waals surface area contributed by atoms with E-state index in [1.54, 1.807) is 4.70 Å². The molecule has 0 aliphatic carbocycles. The molecule has 0 radical (unpaired) electrons. The summed E-state index contributed by atoms with van der Waals surface area (Å²) in [4.78, 5) is 0. The molecule has 1 aliphatic heterocycles. The molecule has 2 aromatic carbocycles. The smallest absolute Gasteiger partial charge is 0.211 e. The van der Waals surface area contributed by atoms with E-state index < -0.39 is 0 Å². The highest BCUT2D eigenvalue weighted by atomic mass is 15.2. The van der Waals surface area contributed by atoms with Crippen LogP contribution in [0, 0.1) is 13.8 Å². The molecule has 0 saturated heterocycles. The lowest BCUT2D eigenvalue weighted by molar-refractivity contribution is -0.345. The Morgan fingerprint density at radius 3 is 1.04 bits per heavy atom. The molecule has 2 heteroatoms. The van der Waals surface area contributed by atoms with Crippen LogP contribution in [0.2, 0.25) is 0 Å². The van der Waals surface area contributed by atoms with Crippen molar-refractivity contribution in [1.82, 2.24) is 0 Å². The second-order valence-corrected chi connectivity index (χ2v) is 14.1. The van der Waals surface area contributed by atoms with E-state index in [1.165, 1.54) is 133 Å². The SMILES string of the molecule is CCCCCCC1=C(c2cc(CCCC)c(C)c(CCCC)c2)[N+](=[N-])C(c2cc(CCCC)c(C)c(CCCC)c2)=C1CCCC. The highest BCUT2D eigenvalue weighted by Gasteiger charge is 2.36. The lowest BCUT2D eigenvalue weighted by Crippen LogP contribution is -2.07. The summed E-state index contributed by atoms with van der Waals surface area (Å²) >= 11 is 0. The van der Waals surface area contributed by atoms with Crippen LogP contribution in [0.15, 0.2) is 35.4 Å². The largest absolute Gasteiger partial charge is 0.493 e. The van der Waals surface area contributed by atoms with Crippen molar-refractivity contribution in [1.29, 1.82) is 0 Å². The Bertz CT molecular complexity index is 1280. The summed E-state index contributed by atoms with van der Waals surface area (Å²) in [6.45, 7) is 18.4. The van der Waals surface area contributed by atoms with Crippen molar-refractivity contribution in [3.05, 3.63) is 85.5 Å². The number of unbranched alkanes of at least 4 members (excludes halogenated alkanes) is 8. The van der Waals surface area contributed by atoms with E-state index in [1.807, 2.05) is 0 Å². The van der Waals surface area contributed by atoms with Crippen molar-refractivity contribution in [3.8, 4) is 0 Å². The molecule has 2 nitrogen and oxygen atoms in total. The Kier molecular flexibility index (Phi) is 16.5. The molecule has 1 heterocycles. The van der Waals surface area contributed by atoms with E-state index in [4.69, 9.17) is 0 Å². The average molecular weight is 625 g/mol. The normalized spacial score (nSPS) is 13.5. The maximum atomic E-state index is 12.5. The fraction of sp³-hybridized carbons (Fsp3) is 0.636. The van der Waals surface area contributed by atoms with Gasteiger partial charge in [0.15, 0.2) is 0 Å². The van der Waals surface area contributed by atoms with Crippen LogP contribution in [0.4, 0.5) is 0 Å². The first-order chi connectivity index (χ1) is 22.4. The van der Waals surface area contributed by atoms with Gasteiger partial charge >= 0.3 is 0 Å². The maximum Gasteiger partial charge on any atom is 0.211 e. The van der Waals surface area contributed by atoms with E-state index in [-0.39, 0.29) is 0 Å². The molecule has 0 bridgehead atoms. The predicted molar refractivity (Wildman–Crippen MR) is 203 cm³/mol. The first kappa shape index (κ1) is 38.0. The zero-order valence-corrected chi connectivity index (χ0v) is 31.3. The molecule has 1 aliphatic rings. The first-order valence-corrected chi connectivity index (χ1v) is 19.6. The number of rotatable bonds is 22. The van der Waals surface area contributed by atoms with Crippen LogP contribution in [0.5, 0.6) is 0 Å². The summed E-state index contributed by atoms with van der Waals surface area (Å²) in [5.41, 5.74) is 28.7. The van der Waals surface area contributed by atoms with Crippen LogP contribution in [0.3, 0.4) is 0 Å². The highest BCUT2D eigenvalue weighted by molar-refractivity contribution is 5.83. The molecule has 46 heavy (non-hydrogen) atoms. The minimum atomic E-state index is 1.02. The molecule has 0 N–H and O–H groups in total. The van der Waals surface area contributed by atoms with Crippen molar-refractivity contribution in [2.24, 2.45) is 0 Å². The maximum absolute atomic E-state index is 12.5. The number of benzene rings is 2. The minimum absolute atomic E-state index is 1.02. The number of hydrogen-bond acceptors (Lipinski definition) is 0. The number of nitrogens with zero attached hydrogens (tertiary/aromatic N) is 2. The Morgan fingerprint density at radius 2 is 0.717 bits per heavy atom. The molecule has 3 rings (SSSR count). The fourth-order valence-corrected chi connectivity index (χ4v) is 7.33. The third-order valence-electron chi connectivity index (χ3n) is 10.4. The van der Waals surface area contributed by atoms with Crippen LogP contribution < -0.4 is 0 Å². The number of aryl methyl sites for hydroxylation is 4. The van der Waals surface area contributed by atoms with Crippen LogP contribution in [0.1, 0.15) is 189 Å². The Hall–Kier alpha value is -2.48. The van der Waals surface area contributed by atoms with Gasteiger partial charge in [-0.15, -0.1) is 0 Å². The van der Waals surface area contributed by atoms with Gasteiger partial charge < -0.3 is 5.53 Å². The van der Waals surface area contributed by atoms with Gasteiger partial charge in [0.2, 0.25) is 11.4 Å². The molecule has 0 amide bonds. The van der Waals surface area contributed by atoms with Crippen LogP contribution in [-0.2, 0) is 25.7 Å². The van der Waals surface area contributed by atoms with Gasteiger partial charge in [0.25, 0.3) is 0 Å². The number of hydrogen-bond donors (Lipinski definition) is 0. The monoisotopic (exact) mass is 625 g/mol. The summed E-state index contributed by atoms with van der Waals surface area (Å²) in [6.07, 6.45) is 23.4. The second kappa shape index (κ2) is 20.0. The van der Waals surface area contributed by atoms with Crippen LogP contribution >= 0.6 is 0 Å². The standard InChI is InChI=1S/C44H68N2/c1-9-15-21-22-28-42-41(27-20-14-6)43(39-29-35(23-16-10-2)33(7)36(30-39)24-17-11-3)46(45)44(42)40-31-37(25-18-12-4)34(8)38(32-40)26-19-13-5/h29-32H,9-28H2,1-8H3. The lowest BCUT2D eigenvalue weighted by Gasteiger charge is -2.18. The first-order valence-electron chi connectivity index (χ1n) is 19.6. The molecule has 0 aromatic heterocycles.